The van der Waals surface area contributed by atoms with E-state index in [2.05, 4.69) is 0 Å². The lowest BCUT2D eigenvalue weighted by Gasteiger charge is -2.14. The van der Waals surface area contributed by atoms with Gasteiger partial charge in [0.15, 0.2) is 0 Å². The van der Waals surface area contributed by atoms with E-state index in [0.717, 1.165) is 12.1 Å². The Morgan fingerprint density at radius 2 is 2.07 bits per heavy atom. The van der Waals surface area contributed by atoms with E-state index in [1.165, 1.54) is 0 Å². The van der Waals surface area contributed by atoms with Gasteiger partial charge >= 0.3 is 0 Å². The maximum absolute atomic E-state index is 13.3. The quantitative estimate of drug-likeness (QED) is 0.763. The van der Waals surface area contributed by atoms with E-state index in [0.29, 0.717) is 0 Å². The molecule has 0 saturated carbocycles. The van der Waals surface area contributed by atoms with Crippen LogP contribution in [0.1, 0.15) is 11.5 Å². The molecule has 0 aliphatic carbocycles. The van der Waals surface area contributed by atoms with Crippen LogP contribution < -0.4 is 5.73 Å². The zero-order valence-electron chi connectivity index (χ0n) is 7.30. The maximum Gasteiger partial charge on any atom is 0.148 e. The molecule has 0 bridgehead atoms. The van der Waals surface area contributed by atoms with Gasteiger partial charge in [0.1, 0.15) is 11.6 Å². The maximum atomic E-state index is 13.3. The number of nitrogens with two attached hydrogens (primary N) is 1. The summed E-state index contributed by atoms with van der Waals surface area (Å²) in [5.41, 5.74) is 5.02. The van der Waals surface area contributed by atoms with Gasteiger partial charge in [0.2, 0.25) is 0 Å². The van der Waals surface area contributed by atoms with Gasteiger partial charge in [-0.3, -0.25) is 0 Å². The third-order valence-electron chi connectivity index (χ3n) is 1.99. The minimum absolute atomic E-state index is 0.0370. The van der Waals surface area contributed by atoms with Gasteiger partial charge in [-0.1, -0.05) is 11.6 Å². The Bertz CT molecular complexity index is 329. The molecule has 0 heterocycles. The predicted molar refractivity (Wildman–Crippen MR) is 50.2 cm³/mol. The third-order valence-corrected chi connectivity index (χ3v) is 2.28. The highest BCUT2D eigenvalue weighted by Gasteiger charge is 2.20. The van der Waals surface area contributed by atoms with Gasteiger partial charge < -0.3 is 10.8 Å². The van der Waals surface area contributed by atoms with Crippen molar-refractivity contribution in [3.63, 3.8) is 0 Å². The van der Waals surface area contributed by atoms with Crippen molar-refractivity contribution < 1.29 is 13.9 Å². The molecule has 1 rings (SSSR count). The van der Waals surface area contributed by atoms with Gasteiger partial charge in [-0.25, -0.2) is 8.78 Å². The molecule has 1 atom stereocenters. The van der Waals surface area contributed by atoms with Crippen molar-refractivity contribution in [3.8, 4) is 0 Å². The summed E-state index contributed by atoms with van der Waals surface area (Å²) in [5.74, 6) is -2.35. The summed E-state index contributed by atoms with van der Waals surface area (Å²) in [6.07, 6.45) is 0. The molecule has 0 fully saturated rings. The monoisotopic (exact) mass is 221 g/mol. The van der Waals surface area contributed by atoms with Gasteiger partial charge in [-0.05, 0) is 12.1 Å². The van der Waals surface area contributed by atoms with Crippen LogP contribution in [0.5, 0.6) is 0 Å². The van der Waals surface area contributed by atoms with Crippen molar-refractivity contribution in [3.05, 3.63) is 34.4 Å². The first kappa shape index (κ1) is 11.4. The minimum atomic E-state index is -0.851. The molecule has 0 aliphatic rings. The lowest BCUT2D eigenvalue weighted by Crippen LogP contribution is -2.19. The molecule has 0 saturated heterocycles. The standard InChI is InChI=1S/C9H10ClF2NO/c10-6-1-2-7(11)8(9(6)12)5(3-13)4-14/h1-2,5,14H,3-4,13H2. The summed E-state index contributed by atoms with van der Waals surface area (Å²) >= 11 is 5.48. The molecule has 0 amide bonds. The molecule has 5 heteroatoms. The van der Waals surface area contributed by atoms with E-state index < -0.39 is 24.2 Å². The number of aliphatic hydroxyl groups excluding tert-OH is 1. The van der Waals surface area contributed by atoms with Crippen molar-refractivity contribution in [2.24, 2.45) is 5.73 Å². The Morgan fingerprint density at radius 1 is 1.43 bits per heavy atom. The van der Waals surface area contributed by atoms with Crippen LogP contribution in [0.15, 0.2) is 12.1 Å². The van der Waals surface area contributed by atoms with Gasteiger partial charge in [0.25, 0.3) is 0 Å². The lowest BCUT2D eigenvalue weighted by molar-refractivity contribution is 0.262. The van der Waals surface area contributed by atoms with Crippen LogP contribution in [0.4, 0.5) is 8.78 Å². The molecule has 0 aromatic heterocycles. The Kier molecular flexibility index (Phi) is 3.80. The highest BCUT2D eigenvalue weighted by Crippen LogP contribution is 2.26. The van der Waals surface area contributed by atoms with Crippen LogP contribution in [0.25, 0.3) is 0 Å². The fourth-order valence-electron chi connectivity index (χ4n) is 1.20. The van der Waals surface area contributed by atoms with E-state index in [9.17, 15) is 8.78 Å². The second-order valence-corrected chi connectivity index (χ2v) is 3.28. The summed E-state index contributed by atoms with van der Waals surface area (Å²) < 4.78 is 26.5. The SMILES string of the molecule is NCC(CO)c1c(F)ccc(Cl)c1F. The Hall–Kier alpha value is -0.710. The molecule has 1 aromatic carbocycles. The number of rotatable bonds is 3. The summed E-state index contributed by atoms with van der Waals surface area (Å²) in [7, 11) is 0. The van der Waals surface area contributed by atoms with Crippen LogP contribution in [-0.4, -0.2) is 18.3 Å². The molecule has 78 valence electrons. The lowest BCUT2D eigenvalue weighted by atomic mass is 9.99. The molecule has 0 aliphatic heterocycles. The molecule has 1 aromatic rings. The largest absolute Gasteiger partial charge is 0.396 e. The minimum Gasteiger partial charge on any atom is -0.396 e. The number of halogens is 3. The van der Waals surface area contributed by atoms with Crippen LogP contribution in [0.2, 0.25) is 5.02 Å². The van der Waals surface area contributed by atoms with Gasteiger partial charge in [0, 0.05) is 18.0 Å². The fourth-order valence-corrected chi connectivity index (χ4v) is 1.37. The molecule has 2 nitrogen and oxygen atoms in total. The fraction of sp³-hybridized carbons (Fsp3) is 0.333. The number of hydrogen-bond acceptors (Lipinski definition) is 2. The normalized spacial score (nSPS) is 12.9. The van der Waals surface area contributed by atoms with Gasteiger partial charge in [-0.15, -0.1) is 0 Å². The topological polar surface area (TPSA) is 46.2 Å². The molecule has 14 heavy (non-hydrogen) atoms. The van der Waals surface area contributed by atoms with Crippen molar-refractivity contribution in [2.75, 3.05) is 13.2 Å². The smallest absolute Gasteiger partial charge is 0.148 e. The van der Waals surface area contributed by atoms with Gasteiger partial charge in [-0.2, -0.15) is 0 Å². The average molecular weight is 222 g/mol. The van der Waals surface area contributed by atoms with E-state index in [4.69, 9.17) is 22.4 Å². The first-order valence-electron chi connectivity index (χ1n) is 4.06. The molecule has 3 N–H and O–H groups in total. The molecular weight excluding hydrogens is 212 g/mol. The predicted octanol–water partition coefficient (Wildman–Crippen LogP) is 1.65. The number of hydrogen-bond donors (Lipinski definition) is 2. The molecule has 1 unspecified atom stereocenters. The van der Waals surface area contributed by atoms with E-state index in [1.54, 1.807) is 0 Å². The van der Waals surface area contributed by atoms with Crippen molar-refractivity contribution >= 4 is 11.6 Å². The summed E-state index contributed by atoms with van der Waals surface area (Å²) in [6.45, 7) is -0.449. The van der Waals surface area contributed by atoms with Crippen LogP contribution in [0.3, 0.4) is 0 Å². The van der Waals surface area contributed by atoms with E-state index in [-0.39, 0.29) is 17.1 Å². The summed E-state index contributed by atoms with van der Waals surface area (Å²) in [4.78, 5) is 0. The van der Waals surface area contributed by atoms with E-state index in [1.807, 2.05) is 0 Å². The van der Waals surface area contributed by atoms with Crippen molar-refractivity contribution in [1.82, 2.24) is 0 Å². The Morgan fingerprint density at radius 3 is 2.57 bits per heavy atom. The third kappa shape index (κ3) is 2.03. The first-order chi connectivity index (χ1) is 6.61. The zero-order valence-corrected chi connectivity index (χ0v) is 8.06. The highest BCUT2D eigenvalue weighted by molar-refractivity contribution is 6.30. The van der Waals surface area contributed by atoms with E-state index >= 15 is 0 Å². The second kappa shape index (κ2) is 4.68. The molecule has 0 spiro atoms. The van der Waals surface area contributed by atoms with Crippen LogP contribution >= 0.6 is 11.6 Å². The number of benzene rings is 1. The van der Waals surface area contributed by atoms with Crippen LogP contribution in [-0.2, 0) is 0 Å². The highest BCUT2D eigenvalue weighted by atomic mass is 35.5. The zero-order chi connectivity index (χ0) is 10.7. The van der Waals surface area contributed by atoms with Gasteiger partial charge in [0.05, 0.1) is 11.6 Å². The number of aliphatic hydroxyl groups is 1. The van der Waals surface area contributed by atoms with Crippen LogP contribution in [0, 0.1) is 11.6 Å². The summed E-state index contributed by atoms with van der Waals surface area (Å²) in [6, 6.07) is 2.18. The Balaban J connectivity index is 3.23. The first-order valence-corrected chi connectivity index (χ1v) is 4.44. The molecule has 0 radical (unpaired) electrons. The molecular formula is C9H10ClF2NO. The average Bonchev–Trinajstić information content (AvgIpc) is 2.19. The second-order valence-electron chi connectivity index (χ2n) is 2.87. The summed E-state index contributed by atoms with van der Waals surface area (Å²) in [5, 5.41) is 8.69. The Labute approximate surface area is 85.3 Å². The van der Waals surface area contributed by atoms with Crippen molar-refractivity contribution in [2.45, 2.75) is 5.92 Å². The van der Waals surface area contributed by atoms with Crippen molar-refractivity contribution in [1.29, 1.82) is 0 Å².